The smallest absolute Gasteiger partial charge is 0.337 e. The number of benzene rings is 1. The van der Waals surface area contributed by atoms with Crippen molar-refractivity contribution >= 4 is 39.0 Å². The number of aliphatic carboxylic acids is 1. The fraction of sp³-hybridized carbons (Fsp3) is 0.235. The second-order valence-electron chi connectivity index (χ2n) is 5.52. The first kappa shape index (κ1) is 18.7. The van der Waals surface area contributed by atoms with Crippen LogP contribution in [-0.2, 0) is 19.6 Å². The van der Waals surface area contributed by atoms with E-state index in [1.165, 1.54) is 40.7 Å². The van der Waals surface area contributed by atoms with Crippen LogP contribution in [0.3, 0.4) is 0 Å². The van der Waals surface area contributed by atoms with E-state index in [1.807, 2.05) is 0 Å². The molecule has 1 fully saturated rings. The number of halogens is 1. The number of carbonyl (C=O) groups is 1. The number of rotatable bonds is 5. The SMILES string of the molecule is O=C(O)/C(=C\c1ccccc1F)c1ccc(S(=O)(=O)N2CCOCC2)s1. The van der Waals surface area contributed by atoms with Crippen LogP contribution in [0.5, 0.6) is 0 Å². The first-order chi connectivity index (χ1) is 12.4. The number of ether oxygens (including phenoxy) is 1. The largest absolute Gasteiger partial charge is 0.478 e. The van der Waals surface area contributed by atoms with Crippen molar-refractivity contribution < 1.29 is 27.4 Å². The topological polar surface area (TPSA) is 83.9 Å². The highest BCUT2D eigenvalue weighted by atomic mass is 32.2. The minimum Gasteiger partial charge on any atom is -0.478 e. The van der Waals surface area contributed by atoms with E-state index < -0.39 is 21.8 Å². The van der Waals surface area contributed by atoms with E-state index >= 15 is 0 Å². The summed E-state index contributed by atoms with van der Waals surface area (Å²) in [5.41, 5.74) is -0.0422. The number of hydrogen-bond donors (Lipinski definition) is 1. The van der Waals surface area contributed by atoms with Crippen LogP contribution >= 0.6 is 11.3 Å². The van der Waals surface area contributed by atoms with Crippen molar-refractivity contribution in [3.63, 3.8) is 0 Å². The Kier molecular flexibility index (Phi) is 5.52. The van der Waals surface area contributed by atoms with E-state index in [4.69, 9.17) is 4.74 Å². The minimum absolute atomic E-state index is 0.0510. The number of nitrogens with zero attached hydrogens (tertiary/aromatic N) is 1. The molecular formula is C17H16FNO5S2. The predicted molar refractivity (Wildman–Crippen MR) is 95.8 cm³/mol. The monoisotopic (exact) mass is 397 g/mol. The van der Waals surface area contributed by atoms with Crippen LogP contribution in [0.2, 0.25) is 0 Å². The molecule has 0 amide bonds. The number of carboxylic acid groups (broad SMARTS) is 1. The van der Waals surface area contributed by atoms with Crippen molar-refractivity contribution in [1.82, 2.24) is 4.31 Å². The molecule has 3 rings (SSSR count). The van der Waals surface area contributed by atoms with Crippen LogP contribution in [0.15, 0.2) is 40.6 Å². The number of hydrogen-bond acceptors (Lipinski definition) is 5. The van der Waals surface area contributed by atoms with Gasteiger partial charge in [0.25, 0.3) is 10.0 Å². The zero-order chi connectivity index (χ0) is 18.7. The van der Waals surface area contributed by atoms with E-state index in [0.29, 0.717) is 13.2 Å². The van der Waals surface area contributed by atoms with Gasteiger partial charge in [-0.3, -0.25) is 0 Å². The number of morpholine rings is 1. The second-order valence-corrected chi connectivity index (χ2v) is 8.77. The van der Waals surface area contributed by atoms with E-state index in [-0.39, 0.29) is 33.3 Å². The predicted octanol–water partition coefficient (Wildman–Crippen LogP) is 2.53. The van der Waals surface area contributed by atoms with Gasteiger partial charge in [-0.2, -0.15) is 4.31 Å². The summed E-state index contributed by atoms with van der Waals surface area (Å²) in [5, 5.41) is 9.48. The summed E-state index contributed by atoms with van der Waals surface area (Å²) in [7, 11) is -3.70. The summed E-state index contributed by atoms with van der Waals surface area (Å²) in [6, 6.07) is 8.59. The maximum Gasteiger partial charge on any atom is 0.337 e. The van der Waals surface area contributed by atoms with Crippen molar-refractivity contribution in [2.24, 2.45) is 0 Å². The molecule has 1 aliphatic heterocycles. The summed E-state index contributed by atoms with van der Waals surface area (Å²) in [6.07, 6.45) is 1.20. The molecule has 0 spiro atoms. The fourth-order valence-corrected chi connectivity index (χ4v) is 5.38. The highest BCUT2D eigenvalue weighted by Gasteiger charge is 2.28. The Morgan fingerprint density at radius 3 is 2.54 bits per heavy atom. The van der Waals surface area contributed by atoms with Crippen LogP contribution in [-0.4, -0.2) is 50.1 Å². The van der Waals surface area contributed by atoms with Gasteiger partial charge in [-0.15, -0.1) is 11.3 Å². The Morgan fingerprint density at radius 2 is 1.88 bits per heavy atom. The Labute approximate surface area is 154 Å². The van der Waals surface area contributed by atoms with Gasteiger partial charge < -0.3 is 9.84 Å². The first-order valence-corrected chi connectivity index (χ1v) is 10.0. The van der Waals surface area contributed by atoms with Gasteiger partial charge in [0.15, 0.2) is 0 Å². The lowest BCUT2D eigenvalue weighted by atomic mass is 10.1. The average Bonchev–Trinajstić information content (AvgIpc) is 3.12. The summed E-state index contributed by atoms with van der Waals surface area (Å²) in [4.78, 5) is 11.9. The van der Waals surface area contributed by atoms with Crippen molar-refractivity contribution in [2.45, 2.75) is 4.21 Å². The van der Waals surface area contributed by atoms with Crippen molar-refractivity contribution in [2.75, 3.05) is 26.3 Å². The molecule has 0 unspecified atom stereocenters. The molecule has 9 heteroatoms. The normalized spacial score (nSPS) is 16.6. The lowest BCUT2D eigenvalue weighted by Crippen LogP contribution is -2.40. The quantitative estimate of drug-likeness (QED) is 0.784. The molecule has 1 saturated heterocycles. The number of carboxylic acids is 1. The standard InChI is InChI=1S/C17H16FNO5S2/c18-14-4-2-1-3-12(14)11-13(17(20)21)15-5-6-16(25-15)26(22,23)19-7-9-24-10-8-19/h1-6,11H,7-10H2,(H,20,21)/b13-11-. The van der Waals surface area contributed by atoms with Gasteiger partial charge in [-0.1, -0.05) is 18.2 Å². The van der Waals surface area contributed by atoms with Gasteiger partial charge in [0, 0.05) is 23.5 Å². The van der Waals surface area contributed by atoms with E-state index in [1.54, 1.807) is 6.07 Å². The van der Waals surface area contributed by atoms with Gasteiger partial charge in [-0.05, 0) is 24.3 Å². The van der Waals surface area contributed by atoms with Crippen LogP contribution in [0, 0.1) is 5.82 Å². The second kappa shape index (κ2) is 7.67. The van der Waals surface area contributed by atoms with Gasteiger partial charge in [0.05, 0.1) is 18.8 Å². The Hall–Kier alpha value is -2.07. The third-order valence-corrected chi connectivity index (χ3v) is 7.33. The summed E-state index contributed by atoms with van der Waals surface area (Å²) < 4.78 is 45.7. The van der Waals surface area contributed by atoms with E-state index in [9.17, 15) is 22.7 Å². The minimum atomic E-state index is -3.70. The molecular weight excluding hydrogens is 381 g/mol. The summed E-state index contributed by atoms with van der Waals surface area (Å²) >= 11 is 0.853. The van der Waals surface area contributed by atoms with Crippen molar-refractivity contribution in [1.29, 1.82) is 0 Å². The van der Waals surface area contributed by atoms with E-state index in [2.05, 4.69) is 0 Å². The molecule has 1 N–H and O–H groups in total. The molecule has 0 atom stereocenters. The highest BCUT2D eigenvalue weighted by Crippen LogP contribution is 2.31. The lowest BCUT2D eigenvalue weighted by Gasteiger charge is -2.25. The maximum atomic E-state index is 13.8. The maximum absolute atomic E-state index is 13.8. The number of thiophene rings is 1. The molecule has 26 heavy (non-hydrogen) atoms. The molecule has 0 radical (unpaired) electrons. The van der Waals surface area contributed by atoms with Crippen molar-refractivity contribution in [3.8, 4) is 0 Å². The lowest BCUT2D eigenvalue weighted by molar-refractivity contribution is -0.130. The zero-order valence-electron chi connectivity index (χ0n) is 13.6. The highest BCUT2D eigenvalue weighted by molar-refractivity contribution is 7.91. The molecule has 1 aromatic carbocycles. The van der Waals surface area contributed by atoms with Crippen LogP contribution in [0.25, 0.3) is 11.6 Å². The summed E-state index contributed by atoms with van der Waals surface area (Å²) in [5.74, 6) is -1.81. The van der Waals surface area contributed by atoms with Crippen LogP contribution in [0.1, 0.15) is 10.4 Å². The number of sulfonamides is 1. The molecule has 0 bridgehead atoms. The molecule has 0 saturated carbocycles. The molecule has 2 heterocycles. The van der Waals surface area contributed by atoms with E-state index in [0.717, 1.165) is 11.3 Å². The fourth-order valence-electron chi connectivity index (χ4n) is 2.50. The molecule has 2 aromatic rings. The molecule has 1 aliphatic rings. The Bertz CT molecular complexity index is 946. The Balaban J connectivity index is 1.96. The third-order valence-electron chi connectivity index (χ3n) is 3.85. The summed E-state index contributed by atoms with van der Waals surface area (Å²) in [6.45, 7) is 1.16. The third kappa shape index (κ3) is 3.85. The zero-order valence-corrected chi connectivity index (χ0v) is 15.2. The molecule has 1 aromatic heterocycles. The molecule has 0 aliphatic carbocycles. The van der Waals surface area contributed by atoms with Crippen LogP contribution in [0.4, 0.5) is 4.39 Å². The van der Waals surface area contributed by atoms with Gasteiger partial charge in [0.1, 0.15) is 10.0 Å². The average molecular weight is 397 g/mol. The Morgan fingerprint density at radius 1 is 1.19 bits per heavy atom. The van der Waals surface area contributed by atoms with Crippen molar-refractivity contribution in [3.05, 3.63) is 52.7 Å². The van der Waals surface area contributed by atoms with Gasteiger partial charge >= 0.3 is 5.97 Å². The van der Waals surface area contributed by atoms with Crippen LogP contribution < -0.4 is 0 Å². The van der Waals surface area contributed by atoms with Gasteiger partial charge in [0.2, 0.25) is 0 Å². The van der Waals surface area contributed by atoms with Gasteiger partial charge in [-0.25, -0.2) is 17.6 Å². The molecule has 6 nitrogen and oxygen atoms in total. The first-order valence-electron chi connectivity index (χ1n) is 7.77. The molecule has 138 valence electrons.